The van der Waals surface area contributed by atoms with Crippen LogP contribution in [0.15, 0.2) is 18.2 Å². The maximum atomic E-state index is 6.13. The van der Waals surface area contributed by atoms with E-state index in [4.69, 9.17) is 9.47 Å². The number of morpholine rings is 1. The highest BCUT2D eigenvalue weighted by atomic mass is 16.5. The van der Waals surface area contributed by atoms with Crippen LogP contribution in [0.1, 0.15) is 43.2 Å². The summed E-state index contributed by atoms with van der Waals surface area (Å²) < 4.78 is 11.8. The first-order valence-electron chi connectivity index (χ1n) is 10.1. The average molecular weight is 344 g/mol. The molecule has 4 nitrogen and oxygen atoms in total. The molecule has 4 heteroatoms. The Morgan fingerprint density at radius 2 is 2.16 bits per heavy atom. The standard InChI is InChI=1S/C21H32N2O2/c1-15-5-8-17(21(11-15)25-13-16-6-7-16)12-23-19-4-2-3-18(19)20-14-24-10-9-22-20/h5,8,11,16,18-20,22-23H,2-4,6-7,9-10,12-14H2,1H3. The Morgan fingerprint density at radius 1 is 1.24 bits per heavy atom. The van der Waals surface area contributed by atoms with Crippen molar-refractivity contribution in [3.8, 4) is 5.75 Å². The number of hydrogen-bond donors (Lipinski definition) is 2. The second-order valence-electron chi connectivity index (χ2n) is 8.08. The van der Waals surface area contributed by atoms with Crippen molar-refractivity contribution in [3.63, 3.8) is 0 Å². The van der Waals surface area contributed by atoms with Crippen LogP contribution in [0.25, 0.3) is 0 Å². The molecule has 25 heavy (non-hydrogen) atoms. The molecule has 3 fully saturated rings. The number of benzene rings is 1. The van der Waals surface area contributed by atoms with Gasteiger partial charge in [0.15, 0.2) is 0 Å². The molecule has 0 spiro atoms. The molecule has 0 amide bonds. The highest BCUT2D eigenvalue weighted by molar-refractivity contribution is 5.37. The molecular formula is C21H32N2O2. The molecular weight excluding hydrogens is 312 g/mol. The molecule has 1 heterocycles. The lowest BCUT2D eigenvalue weighted by atomic mass is 9.94. The molecule has 3 aliphatic rings. The number of nitrogens with one attached hydrogen (secondary N) is 2. The Hall–Kier alpha value is -1.10. The first-order valence-corrected chi connectivity index (χ1v) is 10.1. The predicted molar refractivity (Wildman–Crippen MR) is 100.0 cm³/mol. The smallest absolute Gasteiger partial charge is 0.124 e. The van der Waals surface area contributed by atoms with Crippen LogP contribution in [0.5, 0.6) is 5.75 Å². The van der Waals surface area contributed by atoms with Gasteiger partial charge in [-0.3, -0.25) is 0 Å². The Bertz CT molecular complexity index is 567. The zero-order valence-electron chi connectivity index (χ0n) is 15.4. The Balaban J connectivity index is 1.36. The second-order valence-corrected chi connectivity index (χ2v) is 8.08. The average Bonchev–Trinajstić information content (AvgIpc) is 3.35. The summed E-state index contributed by atoms with van der Waals surface area (Å²) >= 11 is 0. The van der Waals surface area contributed by atoms with Crippen LogP contribution in [-0.2, 0) is 11.3 Å². The first kappa shape index (κ1) is 17.3. The van der Waals surface area contributed by atoms with Crippen LogP contribution in [0.4, 0.5) is 0 Å². The van der Waals surface area contributed by atoms with Gasteiger partial charge in [0.05, 0.1) is 19.8 Å². The molecule has 3 unspecified atom stereocenters. The van der Waals surface area contributed by atoms with Gasteiger partial charge in [-0.2, -0.15) is 0 Å². The lowest BCUT2D eigenvalue weighted by Gasteiger charge is -2.33. The molecule has 1 aromatic carbocycles. The van der Waals surface area contributed by atoms with Crippen molar-refractivity contribution in [1.29, 1.82) is 0 Å². The molecule has 0 bridgehead atoms. The van der Waals surface area contributed by atoms with E-state index < -0.39 is 0 Å². The van der Waals surface area contributed by atoms with Gasteiger partial charge in [0.25, 0.3) is 0 Å². The summed E-state index contributed by atoms with van der Waals surface area (Å²) in [5.41, 5.74) is 2.57. The highest BCUT2D eigenvalue weighted by Crippen LogP contribution is 2.32. The van der Waals surface area contributed by atoms with Crippen molar-refractivity contribution in [2.75, 3.05) is 26.4 Å². The van der Waals surface area contributed by atoms with Crippen LogP contribution in [-0.4, -0.2) is 38.4 Å². The third-order valence-corrected chi connectivity index (χ3v) is 5.99. The second kappa shape index (κ2) is 8.07. The Kier molecular flexibility index (Phi) is 5.59. The van der Waals surface area contributed by atoms with Gasteiger partial charge in [-0.05, 0) is 56.1 Å². The van der Waals surface area contributed by atoms with Crippen molar-refractivity contribution >= 4 is 0 Å². The first-order chi connectivity index (χ1) is 12.3. The molecule has 2 N–H and O–H groups in total. The largest absolute Gasteiger partial charge is 0.493 e. The van der Waals surface area contributed by atoms with E-state index in [0.717, 1.165) is 44.6 Å². The molecule has 1 aliphatic heterocycles. The van der Waals surface area contributed by atoms with Crippen LogP contribution < -0.4 is 15.4 Å². The van der Waals surface area contributed by atoms with Crippen molar-refractivity contribution < 1.29 is 9.47 Å². The summed E-state index contributed by atoms with van der Waals surface area (Å²) in [6.45, 7) is 6.63. The van der Waals surface area contributed by atoms with Crippen molar-refractivity contribution in [3.05, 3.63) is 29.3 Å². The fraction of sp³-hybridized carbons (Fsp3) is 0.714. The zero-order valence-corrected chi connectivity index (χ0v) is 15.4. The van der Waals surface area contributed by atoms with Crippen molar-refractivity contribution in [2.24, 2.45) is 11.8 Å². The third-order valence-electron chi connectivity index (χ3n) is 5.99. The Morgan fingerprint density at radius 3 is 2.96 bits per heavy atom. The molecule has 2 saturated carbocycles. The van der Waals surface area contributed by atoms with Gasteiger partial charge < -0.3 is 20.1 Å². The minimum absolute atomic E-state index is 0.511. The van der Waals surface area contributed by atoms with E-state index in [-0.39, 0.29) is 0 Å². The molecule has 0 aromatic heterocycles. The summed E-state index contributed by atoms with van der Waals surface area (Å²) in [6, 6.07) is 7.72. The number of aryl methyl sites for hydroxylation is 1. The zero-order chi connectivity index (χ0) is 17.1. The van der Waals surface area contributed by atoms with Crippen molar-refractivity contribution in [2.45, 2.75) is 57.7 Å². The normalized spacial score (nSPS) is 29.7. The SMILES string of the molecule is Cc1ccc(CNC2CCCC2C2COCCN2)c(OCC2CC2)c1. The van der Waals surface area contributed by atoms with E-state index >= 15 is 0 Å². The summed E-state index contributed by atoms with van der Waals surface area (Å²) in [5, 5.41) is 7.49. The molecule has 2 aliphatic carbocycles. The van der Waals surface area contributed by atoms with Gasteiger partial charge >= 0.3 is 0 Å². The maximum Gasteiger partial charge on any atom is 0.124 e. The lowest BCUT2D eigenvalue weighted by Crippen LogP contribution is -2.50. The van der Waals surface area contributed by atoms with Gasteiger partial charge in [-0.1, -0.05) is 18.6 Å². The van der Waals surface area contributed by atoms with Gasteiger partial charge in [0, 0.05) is 30.7 Å². The summed E-state index contributed by atoms with van der Waals surface area (Å²) in [5.74, 6) is 2.55. The van der Waals surface area contributed by atoms with E-state index in [2.05, 4.69) is 35.8 Å². The van der Waals surface area contributed by atoms with Crippen molar-refractivity contribution in [1.82, 2.24) is 10.6 Å². The van der Waals surface area contributed by atoms with E-state index in [1.54, 1.807) is 0 Å². The van der Waals surface area contributed by atoms with E-state index in [9.17, 15) is 0 Å². The molecule has 4 rings (SSSR count). The van der Waals surface area contributed by atoms with E-state index in [1.807, 2.05) is 0 Å². The van der Waals surface area contributed by atoms with Gasteiger partial charge in [0.1, 0.15) is 5.75 Å². The summed E-state index contributed by atoms with van der Waals surface area (Å²) in [7, 11) is 0. The minimum atomic E-state index is 0.511. The monoisotopic (exact) mass is 344 g/mol. The quantitative estimate of drug-likeness (QED) is 0.798. The van der Waals surface area contributed by atoms with Gasteiger partial charge in [-0.25, -0.2) is 0 Å². The predicted octanol–water partition coefficient (Wildman–Crippen LogP) is 3.03. The fourth-order valence-corrected chi connectivity index (χ4v) is 4.26. The molecule has 138 valence electrons. The topological polar surface area (TPSA) is 42.5 Å². The van der Waals surface area contributed by atoms with Gasteiger partial charge in [0.2, 0.25) is 0 Å². The van der Waals surface area contributed by atoms with Crippen LogP contribution in [0, 0.1) is 18.8 Å². The lowest BCUT2D eigenvalue weighted by molar-refractivity contribution is 0.0524. The van der Waals surface area contributed by atoms with E-state index in [1.165, 1.54) is 43.2 Å². The van der Waals surface area contributed by atoms with E-state index in [0.29, 0.717) is 18.0 Å². The third kappa shape index (κ3) is 4.55. The summed E-state index contributed by atoms with van der Waals surface area (Å²) in [4.78, 5) is 0. The molecule has 3 atom stereocenters. The number of hydrogen-bond acceptors (Lipinski definition) is 4. The molecule has 0 radical (unpaired) electrons. The molecule has 1 saturated heterocycles. The van der Waals surface area contributed by atoms with Crippen LogP contribution in [0.3, 0.4) is 0 Å². The van der Waals surface area contributed by atoms with Crippen LogP contribution in [0.2, 0.25) is 0 Å². The fourth-order valence-electron chi connectivity index (χ4n) is 4.26. The Labute approximate surface area is 151 Å². The van der Waals surface area contributed by atoms with Crippen LogP contribution >= 0.6 is 0 Å². The van der Waals surface area contributed by atoms with Gasteiger partial charge in [-0.15, -0.1) is 0 Å². The highest BCUT2D eigenvalue weighted by Gasteiger charge is 2.34. The number of rotatable bonds is 7. The summed E-state index contributed by atoms with van der Waals surface area (Å²) in [6.07, 6.45) is 6.56. The number of ether oxygens (including phenoxy) is 2. The maximum absolute atomic E-state index is 6.13. The minimum Gasteiger partial charge on any atom is -0.493 e. The molecule has 1 aromatic rings.